The second-order valence-electron chi connectivity index (χ2n) is 4.35. The van der Waals surface area contributed by atoms with E-state index in [0.717, 1.165) is 5.56 Å². The summed E-state index contributed by atoms with van der Waals surface area (Å²) in [6.45, 7) is 0.405. The van der Waals surface area contributed by atoms with Gasteiger partial charge in [-0.2, -0.15) is 0 Å². The van der Waals surface area contributed by atoms with E-state index >= 15 is 0 Å². The van der Waals surface area contributed by atoms with Crippen LogP contribution >= 0.6 is 0 Å². The molecule has 1 aliphatic rings. The van der Waals surface area contributed by atoms with Gasteiger partial charge >= 0.3 is 0 Å². The molecular weight excluding hydrogens is 200 g/mol. The van der Waals surface area contributed by atoms with Crippen LogP contribution in [0.5, 0.6) is 0 Å². The lowest BCUT2D eigenvalue weighted by Gasteiger charge is -2.38. The minimum absolute atomic E-state index is 0.0740. The van der Waals surface area contributed by atoms with Crippen LogP contribution in [0.2, 0.25) is 0 Å². The zero-order valence-electron chi connectivity index (χ0n) is 8.51. The zero-order chi connectivity index (χ0) is 10.9. The van der Waals surface area contributed by atoms with Crippen LogP contribution in [0.3, 0.4) is 0 Å². The molecule has 2 N–H and O–H groups in total. The fourth-order valence-corrected chi connectivity index (χ4v) is 2.27. The van der Waals surface area contributed by atoms with Crippen molar-refractivity contribution in [1.29, 1.82) is 0 Å². The fourth-order valence-electron chi connectivity index (χ4n) is 2.27. The molecule has 2 rings (SSSR count). The summed E-state index contributed by atoms with van der Waals surface area (Å²) in [4.78, 5) is 0. The van der Waals surface area contributed by atoms with Crippen molar-refractivity contribution < 1.29 is 13.2 Å². The summed E-state index contributed by atoms with van der Waals surface area (Å²) in [6.07, 6.45) is 3.92. The molecule has 0 bridgehead atoms. The molecule has 0 radical (unpaired) electrons. The molecule has 1 saturated carbocycles. The van der Waals surface area contributed by atoms with Crippen LogP contribution in [0.4, 0.5) is 8.78 Å². The maximum absolute atomic E-state index is 13.1. The van der Waals surface area contributed by atoms with Crippen molar-refractivity contribution in [2.45, 2.75) is 37.0 Å². The third kappa shape index (κ3) is 1.91. The van der Waals surface area contributed by atoms with Gasteiger partial charge in [0.2, 0.25) is 5.92 Å². The van der Waals surface area contributed by atoms with Gasteiger partial charge in [-0.3, -0.25) is 0 Å². The Morgan fingerprint density at radius 3 is 2.40 bits per heavy atom. The molecule has 0 aromatic carbocycles. The number of alkyl halides is 2. The van der Waals surface area contributed by atoms with E-state index < -0.39 is 5.92 Å². The maximum Gasteiger partial charge on any atom is 0.248 e. The van der Waals surface area contributed by atoms with Gasteiger partial charge in [0.05, 0.1) is 12.5 Å². The van der Waals surface area contributed by atoms with Crippen molar-refractivity contribution >= 4 is 0 Å². The lowest BCUT2D eigenvalue weighted by Crippen LogP contribution is -2.41. The Bertz CT molecular complexity index is 311. The maximum atomic E-state index is 13.1. The van der Waals surface area contributed by atoms with E-state index in [-0.39, 0.29) is 18.3 Å². The zero-order valence-corrected chi connectivity index (χ0v) is 8.51. The highest BCUT2D eigenvalue weighted by Gasteiger charge is 2.43. The SMILES string of the molecule is NCC1(c2ccoc2)CCC(F)(F)CC1. The van der Waals surface area contributed by atoms with Gasteiger partial charge in [-0.15, -0.1) is 0 Å². The van der Waals surface area contributed by atoms with E-state index in [2.05, 4.69) is 0 Å². The summed E-state index contributed by atoms with van der Waals surface area (Å²) >= 11 is 0. The highest BCUT2D eigenvalue weighted by molar-refractivity contribution is 5.22. The van der Waals surface area contributed by atoms with E-state index in [1.54, 1.807) is 12.5 Å². The van der Waals surface area contributed by atoms with Crippen LogP contribution < -0.4 is 5.73 Å². The van der Waals surface area contributed by atoms with E-state index in [0.29, 0.717) is 19.4 Å². The Morgan fingerprint density at radius 1 is 1.27 bits per heavy atom. The standard InChI is InChI=1S/C11H15F2NO/c12-11(13)4-2-10(8-14,3-5-11)9-1-6-15-7-9/h1,6-7H,2-5,8,14H2. The topological polar surface area (TPSA) is 39.2 Å². The van der Waals surface area contributed by atoms with Crippen LogP contribution in [0, 0.1) is 0 Å². The summed E-state index contributed by atoms with van der Waals surface area (Å²) in [5, 5.41) is 0. The Labute approximate surface area is 87.4 Å². The predicted octanol–water partition coefficient (Wildman–Crippen LogP) is 2.69. The minimum atomic E-state index is -2.51. The molecule has 2 nitrogen and oxygen atoms in total. The Hall–Kier alpha value is -0.900. The minimum Gasteiger partial charge on any atom is -0.472 e. The molecule has 1 aromatic heterocycles. The Balaban J connectivity index is 2.19. The van der Waals surface area contributed by atoms with Crippen LogP contribution in [-0.4, -0.2) is 12.5 Å². The highest BCUT2D eigenvalue weighted by atomic mass is 19.3. The lowest BCUT2D eigenvalue weighted by atomic mass is 9.69. The number of furan rings is 1. The summed E-state index contributed by atoms with van der Waals surface area (Å²) in [5.74, 6) is -2.51. The van der Waals surface area contributed by atoms with Crippen molar-refractivity contribution in [2.75, 3.05) is 6.54 Å². The average Bonchev–Trinajstić information content (AvgIpc) is 2.72. The second-order valence-corrected chi connectivity index (χ2v) is 4.35. The molecule has 1 heterocycles. The first-order chi connectivity index (χ1) is 7.08. The molecule has 1 aromatic rings. The quantitative estimate of drug-likeness (QED) is 0.823. The Morgan fingerprint density at radius 2 is 1.93 bits per heavy atom. The van der Waals surface area contributed by atoms with Gasteiger partial charge in [0.15, 0.2) is 0 Å². The van der Waals surface area contributed by atoms with Crippen LogP contribution in [0.1, 0.15) is 31.2 Å². The normalized spacial score (nSPS) is 23.9. The number of hydrogen-bond acceptors (Lipinski definition) is 2. The van der Waals surface area contributed by atoms with E-state index in [4.69, 9.17) is 10.2 Å². The van der Waals surface area contributed by atoms with Crippen molar-refractivity contribution in [1.82, 2.24) is 0 Å². The fraction of sp³-hybridized carbons (Fsp3) is 0.636. The van der Waals surface area contributed by atoms with Crippen molar-refractivity contribution in [3.8, 4) is 0 Å². The van der Waals surface area contributed by atoms with Crippen LogP contribution in [0.15, 0.2) is 23.0 Å². The predicted molar refractivity (Wildman–Crippen MR) is 52.9 cm³/mol. The van der Waals surface area contributed by atoms with Gasteiger partial charge in [-0.05, 0) is 24.5 Å². The second kappa shape index (κ2) is 3.59. The summed E-state index contributed by atoms with van der Waals surface area (Å²) in [5.41, 5.74) is 6.39. The van der Waals surface area contributed by atoms with E-state index in [1.807, 2.05) is 6.07 Å². The van der Waals surface area contributed by atoms with Crippen molar-refractivity contribution in [2.24, 2.45) is 5.73 Å². The molecule has 84 valence electrons. The summed E-state index contributed by atoms with van der Waals surface area (Å²) in [7, 11) is 0. The highest BCUT2D eigenvalue weighted by Crippen LogP contribution is 2.44. The molecule has 0 aliphatic heterocycles. The first-order valence-corrected chi connectivity index (χ1v) is 5.19. The van der Waals surface area contributed by atoms with Gasteiger partial charge in [0, 0.05) is 24.8 Å². The number of nitrogens with two attached hydrogens (primary N) is 1. The van der Waals surface area contributed by atoms with Gasteiger partial charge in [-0.25, -0.2) is 8.78 Å². The van der Waals surface area contributed by atoms with Gasteiger partial charge in [0.1, 0.15) is 0 Å². The monoisotopic (exact) mass is 215 g/mol. The number of rotatable bonds is 2. The summed E-state index contributed by atoms with van der Waals surface area (Å²) < 4.78 is 31.1. The van der Waals surface area contributed by atoms with Crippen molar-refractivity contribution in [3.05, 3.63) is 24.2 Å². The molecule has 0 spiro atoms. The van der Waals surface area contributed by atoms with Gasteiger partial charge < -0.3 is 10.2 Å². The molecular formula is C11H15F2NO. The third-order valence-corrected chi connectivity index (χ3v) is 3.46. The van der Waals surface area contributed by atoms with E-state index in [1.165, 1.54) is 0 Å². The average molecular weight is 215 g/mol. The molecule has 0 atom stereocenters. The molecule has 15 heavy (non-hydrogen) atoms. The molecule has 0 unspecified atom stereocenters. The lowest BCUT2D eigenvalue weighted by molar-refractivity contribution is -0.0509. The van der Waals surface area contributed by atoms with Crippen LogP contribution in [0.25, 0.3) is 0 Å². The number of halogens is 2. The molecule has 0 saturated heterocycles. The van der Waals surface area contributed by atoms with Crippen molar-refractivity contribution in [3.63, 3.8) is 0 Å². The molecule has 1 fully saturated rings. The third-order valence-electron chi connectivity index (χ3n) is 3.46. The number of hydrogen-bond donors (Lipinski definition) is 1. The molecule has 1 aliphatic carbocycles. The molecule has 4 heteroatoms. The van der Waals surface area contributed by atoms with E-state index in [9.17, 15) is 8.78 Å². The molecule has 0 amide bonds. The smallest absolute Gasteiger partial charge is 0.248 e. The first-order valence-electron chi connectivity index (χ1n) is 5.19. The summed E-state index contributed by atoms with van der Waals surface area (Å²) in [6, 6.07) is 1.83. The van der Waals surface area contributed by atoms with Gasteiger partial charge in [-0.1, -0.05) is 0 Å². The Kier molecular flexibility index (Phi) is 2.54. The first kappa shape index (κ1) is 10.6. The van der Waals surface area contributed by atoms with Gasteiger partial charge in [0.25, 0.3) is 0 Å². The van der Waals surface area contributed by atoms with Crippen LogP contribution in [-0.2, 0) is 5.41 Å². The largest absolute Gasteiger partial charge is 0.472 e.